The van der Waals surface area contributed by atoms with E-state index in [2.05, 4.69) is 22.6 Å². The van der Waals surface area contributed by atoms with Gasteiger partial charge < -0.3 is 9.15 Å². The zero-order valence-electron chi connectivity index (χ0n) is 14.4. The lowest BCUT2D eigenvalue weighted by Crippen LogP contribution is -2.16. The molecule has 0 unspecified atom stereocenters. The largest absolute Gasteiger partial charge is 0.497 e. The van der Waals surface area contributed by atoms with Gasteiger partial charge in [0.1, 0.15) is 16.9 Å². The molecule has 0 spiro atoms. The molecule has 0 saturated carbocycles. The zero-order valence-corrected chi connectivity index (χ0v) is 16.6. The summed E-state index contributed by atoms with van der Waals surface area (Å²) in [6, 6.07) is 13.9. The van der Waals surface area contributed by atoms with Gasteiger partial charge in [-0.25, -0.2) is 4.79 Å². The average molecular weight is 474 g/mol. The number of hydrogen-bond acceptors (Lipinski definition) is 5. The van der Waals surface area contributed by atoms with E-state index in [1.807, 2.05) is 6.07 Å². The number of hydrogen-bond donors (Lipinski definition) is 0. The van der Waals surface area contributed by atoms with Crippen molar-refractivity contribution in [1.82, 2.24) is 0 Å². The fourth-order valence-corrected chi connectivity index (χ4v) is 2.96. The summed E-state index contributed by atoms with van der Waals surface area (Å²) in [5.74, 6) is -0.238. The van der Waals surface area contributed by atoms with Gasteiger partial charge >= 0.3 is 5.63 Å². The summed E-state index contributed by atoms with van der Waals surface area (Å²) in [6.07, 6.45) is 2.54. The maximum Gasteiger partial charge on any atom is 0.347 e. The lowest BCUT2D eigenvalue weighted by molar-refractivity contribution is -0.113. The van der Waals surface area contributed by atoms with Gasteiger partial charge in [0.25, 0.3) is 0 Å². The third kappa shape index (κ3) is 4.71. The Morgan fingerprint density at radius 1 is 1.11 bits per heavy atom. The van der Waals surface area contributed by atoms with Crippen LogP contribution in [0.3, 0.4) is 0 Å². The van der Waals surface area contributed by atoms with E-state index in [1.54, 1.807) is 49.6 Å². The van der Waals surface area contributed by atoms with Gasteiger partial charge in [0.15, 0.2) is 11.6 Å². The molecule has 0 atom stereocenters. The molecule has 0 radical (unpaired) electrons. The highest BCUT2D eigenvalue weighted by molar-refractivity contribution is 14.1. The molecule has 0 aliphatic carbocycles. The number of halogens is 1. The fourth-order valence-electron chi connectivity index (χ4n) is 2.50. The maximum atomic E-state index is 12.3. The van der Waals surface area contributed by atoms with Crippen LogP contribution in [0.15, 0.2) is 63.8 Å². The Morgan fingerprint density at radius 2 is 1.85 bits per heavy atom. The maximum absolute atomic E-state index is 12.3. The quantitative estimate of drug-likeness (QED) is 0.176. The first-order valence-electron chi connectivity index (χ1n) is 8.08. The highest BCUT2D eigenvalue weighted by Crippen LogP contribution is 2.18. The molecule has 0 aliphatic rings. The molecule has 0 fully saturated rings. The highest BCUT2D eigenvalue weighted by Gasteiger charge is 2.16. The standard InChI is InChI=1S/C21H15IO5/c1-26-17-8-3-13(4-9-17)2-7-16(23)12-19(24)18-10-14-5-6-15(22)11-20(14)27-21(18)25/h2-11H,12H2,1H3/b7-2-. The molecule has 3 rings (SSSR count). The number of benzene rings is 2. The molecule has 5 nitrogen and oxygen atoms in total. The lowest BCUT2D eigenvalue weighted by atomic mass is 10.1. The van der Waals surface area contributed by atoms with Crippen LogP contribution in [0.1, 0.15) is 22.3 Å². The molecule has 6 heteroatoms. The van der Waals surface area contributed by atoms with Crippen molar-refractivity contribution in [1.29, 1.82) is 0 Å². The minimum Gasteiger partial charge on any atom is -0.497 e. The van der Waals surface area contributed by atoms with E-state index in [0.29, 0.717) is 16.7 Å². The van der Waals surface area contributed by atoms with Gasteiger partial charge in [-0.3, -0.25) is 9.59 Å². The molecule has 0 N–H and O–H groups in total. The fraction of sp³-hybridized carbons (Fsp3) is 0.0952. The van der Waals surface area contributed by atoms with Crippen molar-refractivity contribution in [3.63, 3.8) is 0 Å². The number of ketones is 2. The molecule has 2 aromatic carbocycles. The molecule has 0 bridgehead atoms. The zero-order chi connectivity index (χ0) is 19.4. The number of methoxy groups -OCH3 is 1. The monoisotopic (exact) mass is 474 g/mol. The van der Waals surface area contributed by atoms with Crippen LogP contribution in [0.2, 0.25) is 0 Å². The lowest BCUT2D eigenvalue weighted by Gasteiger charge is -2.01. The smallest absolute Gasteiger partial charge is 0.347 e. The molecule has 1 aromatic heterocycles. The van der Waals surface area contributed by atoms with Crippen molar-refractivity contribution < 1.29 is 18.7 Å². The van der Waals surface area contributed by atoms with Crippen molar-refractivity contribution >= 4 is 51.2 Å². The summed E-state index contributed by atoms with van der Waals surface area (Å²) >= 11 is 2.11. The van der Waals surface area contributed by atoms with Gasteiger partial charge in [-0.2, -0.15) is 0 Å². The van der Waals surface area contributed by atoms with Crippen LogP contribution in [-0.2, 0) is 4.79 Å². The summed E-state index contributed by atoms with van der Waals surface area (Å²) in [5, 5.41) is 0.639. The van der Waals surface area contributed by atoms with E-state index < -0.39 is 23.6 Å². The van der Waals surface area contributed by atoms with Crippen molar-refractivity contribution in [3.8, 4) is 5.75 Å². The Kier molecular flexibility index (Phi) is 5.85. The van der Waals surface area contributed by atoms with Gasteiger partial charge in [0.2, 0.25) is 0 Å². The summed E-state index contributed by atoms with van der Waals surface area (Å²) < 4.78 is 11.2. The molecule has 1 heterocycles. The Hall–Kier alpha value is -2.74. The predicted octanol–water partition coefficient (Wildman–Crippen LogP) is 4.26. The molecule has 0 saturated heterocycles. The molecule has 3 aromatic rings. The first-order chi connectivity index (χ1) is 13.0. The topological polar surface area (TPSA) is 73.6 Å². The van der Waals surface area contributed by atoms with E-state index in [4.69, 9.17) is 9.15 Å². The van der Waals surface area contributed by atoms with E-state index in [0.717, 1.165) is 9.13 Å². The number of fused-ring (bicyclic) bond motifs is 1. The van der Waals surface area contributed by atoms with Gasteiger partial charge in [0, 0.05) is 8.96 Å². The van der Waals surface area contributed by atoms with Gasteiger partial charge in [-0.15, -0.1) is 0 Å². The Morgan fingerprint density at radius 3 is 2.56 bits per heavy atom. The minimum atomic E-state index is -0.735. The van der Waals surface area contributed by atoms with Gasteiger partial charge in [-0.1, -0.05) is 24.3 Å². The Bertz CT molecular complexity index is 1090. The van der Waals surface area contributed by atoms with Crippen LogP contribution in [0.25, 0.3) is 17.0 Å². The van der Waals surface area contributed by atoms with Crippen LogP contribution in [-0.4, -0.2) is 18.7 Å². The van der Waals surface area contributed by atoms with E-state index in [1.165, 1.54) is 12.1 Å². The van der Waals surface area contributed by atoms with Crippen molar-refractivity contribution in [2.24, 2.45) is 0 Å². The molecule has 0 amide bonds. The predicted molar refractivity (Wildman–Crippen MR) is 111 cm³/mol. The second kappa shape index (κ2) is 8.30. The summed E-state index contributed by atoms with van der Waals surface area (Å²) in [7, 11) is 1.57. The van der Waals surface area contributed by atoms with E-state index >= 15 is 0 Å². The Labute approximate surface area is 168 Å². The second-order valence-electron chi connectivity index (χ2n) is 5.80. The summed E-state index contributed by atoms with van der Waals surface area (Å²) in [6.45, 7) is 0. The van der Waals surface area contributed by atoms with Crippen LogP contribution in [0.5, 0.6) is 5.75 Å². The average Bonchev–Trinajstić information content (AvgIpc) is 2.66. The summed E-state index contributed by atoms with van der Waals surface area (Å²) in [4.78, 5) is 36.5. The van der Waals surface area contributed by atoms with Crippen molar-refractivity contribution in [3.05, 3.63) is 79.7 Å². The SMILES string of the molecule is COc1ccc(/C=C\C(=O)CC(=O)c2cc3ccc(I)cc3oc2=O)cc1. The van der Waals surface area contributed by atoms with Crippen LogP contribution >= 0.6 is 22.6 Å². The molecular weight excluding hydrogens is 459 g/mol. The van der Waals surface area contributed by atoms with E-state index in [-0.39, 0.29) is 5.56 Å². The highest BCUT2D eigenvalue weighted by atomic mass is 127. The second-order valence-corrected chi connectivity index (χ2v) is 7.05. The molecular formula is C21H15IO5. The summed E-state index contributed by atoms with van der Waals surface area (Å²) in [5.41, 5.74) is 0.363. The number of carbonyl (C=O) groups excluding carboxylic acids is 2. The first-order valence-corrected chi connectivity index (χ1v) is 9.16. The number of carbonyl (C=O) groups is 2. The third-order valence-corrected chi connectivity index (χ3v) is 4.58. The normalized spacial score (nSPS) is 11.0. The molecule has 136 valence electrons. The molecule has 0 aliphatic heterocycles. The van der Waals surface area contributed by atoms with Crippen LogP contribution < -0.4 is 10.4 Å². The third-order valence-electron chi connectivity index (χ3n) is 3.91. The van der Waals surface area contributed by atoms with Crippen molar-refractivity contribution in [2.75, 3.05) is 7.11 Å². The first kappa shape index (κ1) is 19.0. The number of Topliss-reactive ketones (excluding diaryl/α,β-unsaturated/α-hetero) is 1. The van der Waals surface area contributed by atoms with Crippen molar-refractivity contribution in [2.45, 2.75) is 6.42 Å². The number of ether oxygens (including phenoxy) is 1. The van der Waals surface area contributed by atoms with Crippen LogP contribution in [0, 0.1) is 3.57 Å². The Balaban J connectivity index is 1.74. The van der Waals surface area contributed by atoms with E-state index in [9.17, 15) is 14.4 Å². The van der Waals surface area contributed by atoms with Crippen LogP contribution in [0.4, 0.5) is 0 Å². The number of rotatable bonds is 6. The number of allylic oxidation sites excluding steroid dienone is 1. The van der Waals surface area contributed by atoms with Gasteiger partial charge in [0.05, 0.1) is 13.5 Å². The molecule has 27 heavy (non-hydrogen) atoms. The van der Waals surface area contributed by atoms with Gasteiger partial charge in [-0.05, 0) is 64.6 Å². The minimum absolute atomic E-state index is 0.116.